The Hall–Kier alpha value is -0.510. The average Bonchev–Trinajstić information content (AvgIpc) is 2.32. The number of nitrogens with zero attached hydrogens (tertiary/aromatic N) is 1. The molecule has 1 aromatic carbocycles. The standard InChI is InChI=1S/C16H28N2S/c1-16(2,3)17-13-14-8-6-9-15(12-14)19-11-7-10-18(4)5/h6,8-9,12,17H,7,10-11,13H2,1-5H3. The van der Waals surface area contributed by atoms with Crippen LogP contribution in [0.25, 0.3) is 0 Å². The van der Waals surface area contributed by atoms with Gasteiger partial charge >= 0.3 is 0 Å². The molecule has 0 aliphatic rings. The molecule has 19 heavy (non-hydrogen) atoms. The van der Waals surface area contributed by atoms with E-state index in [1.165, 1.54) is 22.6 Å². The van der Waals surface area contributed by atoms with Gasteiger partial charge in [0.15, 0.2) is 0 Å². The van der Waals surface area contributed by atoms with Gasteiger partial charge in [0.05, 0.1) is 0 Å². The Morgan fingerprint density at radius 2 is 1.95 bits per heavy atom. The minimum absolute atomic E-state index is 0.175. The van der Waals surface area contributed by atoms with Crippen LogP contribution < -0.4 is 5.32 Å². The molecule has 1 aromatic rings. The van der Waals surface area contributed by atoms with Crippen LogP contribution in [0.15, 0.2) is 29.2 Å². The number of benzene rings is 1. The van der Waals surface area contributed by atoms with E-state index in [4.69, 9.17) is 0 Å². The summed E-state index contributed by atoms with van der Waals surface area (Å²) in [6.45, 7) is 8.71. The summed E-state index contributed by atoms with van der Waals surface area (Å²) in [5.74, 6) is 1.19. The first-order valence-electron chi connectivity index (χ1n) is 6.98. The first-order valence-corrected chi connectivity index (χ1v) is 7.97. The summed E-state index contributed by atoms with van der Waals surface area (Å²) in [6.07, 6.45) is 1.24. The van der Waals surface area contributed by atoms with E-state index in [0.717, 1.165) is 13.1 Å². The lowest BCUT2D eigenvalue weighted by atomic mass is 10.1. The van der Waals surface area contributed by atoms with E-state index in [1.54, 1.807) is 0 Å². The summed E-state index contributed by atoms with van der Waals surface area (Å²) in [6, 6.07) is 8.87. The molecule has 3 heteroatoms. The molecule has 0 aliphatic carbocycles. The number of thioether (sulfide) groups is 1. The highest BCUT2D eigenvalue weighted by Gasteiger charge is 2.08. The molecule has 0 unspecified atom stereocenters. The maximum absolute atomic E-state index is 3.53. The highest BCUT2D eigenvalue weighted by Crippen LogP contribution is 2.20. The molecule has 1 rings (SSSR count). The van der Waals surface area contributed by atoms with Crippen LogP contribution in [-0.4, -0.2) is 36.8 Å². The van der Waals surface area contributed by atoms with E-state index >= 15 is 0 Å². The molecule has 0 saturated carbocycles. The fourth-order valence-electron chi connectivity index (χ4n) is 1.68. The second-order valence-corrected chi connectivity index (χ2v) is 7.42. The van der Waals surface area contributed by atoms with Gasteiger partial charge in [-0.05, 0) is 71.3 Å². The number of nitrogens with one attached hydrogen (secondary N) is 1. The van der Waals surface area contributed by atoms with Crippen LogP contribution in [0, 0.1) is 0 Å². The van der Waals surface area contributed by atoms with E-state index in [9.17, 15) is 0 Å². The third kappa shape index (κ3) is 8.30. The molecular weight excluding hydrogens is 252 g/mol. The highest BCUT2D eigenvalue weighted by molar-refractivity contribution is 7.99. The quantitative estimate of drug-likeness (QED) is 0.606. The molecular formula is C16H28N2S. The van der Waals surface area contributed by atoms with Crippen LogP contribution in [0.5, 0.6) is 0 Å². The summed E-state index contributed by atoms with van der Waals surface area (Å²) in [5.41, 5.74) is 1.54. The maximum atomic E-state index is 3.53. The van der Waals surface area contributed by atoms with Crippen LogP contribution in [-0.2, 0) is 6.54 Å². The van der Waals surface area contributed by atoms with Crippen molar-refractivity contribution in [1.82, 2.24) is 10.2 Å². The molecule has 0 heterocycles. The van der Waals surface area contributed by atoms with Crippen molar-refractivity contribution in [1.29, 1.82) is 0 Å². The number of rotatable bonds is 7. The Morgan fingerprint density at radius 1 is 1.21 bits per heavy atom. The molecule has 0 saturated heterocycles. The Bertz CT molecular complexity index is 369. The monoisotopic (exact) mass is 280 g/mol. The molecule has 0 aliphatic heterocycles. The van der Waals surface area contributed by atoms with Crippen LogP contribution in [0.4, 0.5) is 0 Å². The minimum atomic E-state index is 0.175. The van der Waals surface area contributed by atoms with E-state index in [1.807, 2.05) is 11.8 Å². The van der Waals surface area contributed by atoms with Gasteiger partial charge in [0.1, 0.15) is 0 Å². The number of hydrogen-bond donors (Lipinski definition) is 1. The predicted octanol–water partition coefficient (Wildman–Crippen LogP) is 3.62. The Balaban J connectivity index is 2.39. The lowest BCUT2D eigenvalue weighted by Gasteiger charge is -2.20. The summed E-state index contributed by atoms with van der Waals surface area (Å²) in [4.78, 5) is 3.62. The van der Waals surface area contributed by atoms with Gasteiger partial charge in [-0.15, -0.1) is 11.8 Å². The predicted molar refractivity (Wildman–Crippen MR) is 86.9 cm³/mol. The van der Waals surface area contributed by atoms with E-state index in [2.05, 4.69) is 69.3 Å². The van der Waals surface area contributed by atoms with Crippen molar-refractivity contribution in [3.8, 4) is 0 Å². The van der Waals surface area contributed by atoms with E-state index < -0.39 is 0 Å². The van der Waals surface area contributed by atoms with E-state index in [-0.39, 0.29) is 5.54 Å². The molecule has 0 amide bonds. The zero-order chi connectivity index (χ0) is 14.3. The normalized spacial score (nSPS) is 12.1. The van der Waals surface area contributed by atoms with Gasteiger partial charge in [-0.1, -0.05) is 12.1 Å². The number of hydrogen-bond acceptors (Lipinski definition) is 3. The Labute approximate surface area is 123 Å². The zero-order valence-corrected chi connectivity index (χ0v) is 13.8. The van der Waals surface area contributed by atoms with Crippen molar-refractivity contribution in [2.24, 2.45) is 0 Å². The van der Waals surface area contributed by atoms with E-state index in [0.29, 0.717) is 0 Å². The van der Waals surface area contributed by atoms with Crippen molar-refractivity contribution in [3.05, 3.63) is 29.8 Å². The Morgan fingerprint density at radius 3 is 2.58 bits per heavy atom. The molecule has 0 fully saturated rings. The lowest BCUT2D eigenvalue weighted by molar-refractivity contribution is 0.410. The van der Waals surface area contributed by atoms with Gasteiger partial charge in [-0.25, -0.2) is 0 Å². The molecule has 0 aromatic heterocycles. The summed E-state index contributed by atoms with van der Waals surface area (Å²) < 4.78 is 0. The van der Waals surface area contributed by atoms with Crippen molar-refractivity contribution >= 4 is 11.8 Å². The smallest absolute Gasteiger partial charge is 0.0210 e. The summed E-state index contributed by atoms with van der Waals surface area (Å²) >= 11 is 1.96. The van der Waals surface area contributed by atoms with Crippen molar-refractivity contribution in [3.63, 3.8) is 0 Å². The van der Waals surface area contributed by atoms with Crippen LogP contribution in [0.1, 0.15) is 32.8 Å². The average molecular weight is 280 g/mol. The Kier molecular flexibility index (Phi) is 6.90. The van der Waals surface area contributed by atoms with Gasteiger partial charge in [-0.2, -0.15) is 0 Å². The molecule has 2 nitrogen and oxygen atoms in total. The summed E-state index contributed by atoms with van der Waals surface area (Å²) in [7, 11) is 4.26. The third-order valence-corrected chi connectivity index (χ3v) is 3.82. The SMILES string of the molecule is CN(C)CCCSc1cccc(CNC(C)(C)C)c1. The molecule has 0 bridgehead atoms. The lowest BCUT2D eigenvalue weighted by Crippen LogP contribution is -2.35. The van der Waals surface area contributed by atoms with Crippen molar-refractivity contribution < 1.29 is 0 Å². The molecule has 108 valence electrons. The molecule has 1 N–H and O–H groups in total. The van der Waals surface area contributed by atoms with Crippen molar-refractivity contribution in [2.75, 3.05) is 26.4 Å². The third-order valence-electron chi connectivity index (χ3n) is 2.74. The van der Waals surface area contributed by atoms with Crippen molar-refractivity contribution in [2.45, 2.75) is 44.2 Å². The maximum Gasteiger partial charge on any atom is 0.0210 e. The largest absolute Gasteiger partial charge is 0.309 e. The van der Waals surface area contributed by atoms with Crippen LogP contribution in [0.2, 0.25) is 0 Å². The van der Waals surface area contributed by atoms with Gasteiger partial charge in [0.25, 0.3) is 0 Å². The molecule has 0 atom stereocenters. The topological polar surface area (TPSA) is 15.3 Å². The van der Waals surface area contributed by atoms with Gasteiger partial charge in [0.2, 0.25) is 0 Å². The fourth-order valence-corrected chi connectivity index (χ4v) is 2.60. The first kappa shape index (κ1) is 16.5. The summed E-state index contributed by atoms with van der Waals surface area (Å²) in [5, 5.41) is 3.53. The minimum Gasteiger partial charge on any atom is -0.309 e. The van der Waals surface area contributed by atoms with Crippen LogP contribution in [0.3, 0.4) is 0 Å². The molecule has 0 radical (unpaired) electrons. The fraction of sp³-hybridized carbons (Fsp3) is 0.625. The zero-order valence-electron chi connectivity index (χ0n) is 13.0. The second-order valence-electron chi connectivity index (χ2n) is 6.26. The molecule has 0 spiro atoms. The second kappa shape index (κ2) is 7.93. The van der Waals surface area contributed by atoms with Gasteiger partial charge in [0, 0.05) is 17.0 Å². The van der Waals surface area contributed by atoms with Gasteiger partial charge in [-0.3, -0.25) is 0 Å². The first-order chi connectivity index (χ1) is 8.87. The van der Waals surface area contributed by atoms with Crippen LogP contribution >= 0.6 is 11.8 Å². The highest BCUT2D eigenvalue weighted by atomic mass is 32.2. The van der Waals surface area contributed by atoms with Gasteiger partial charge < -0.3 is 10.2 Å².